The van der Waals surface area contributed by atoms with Gasteiger partial charge in [0.05, 0.1) is 5.69 Å². The molecule has 2 rings (SSSR count). The van der Waals surface area contributed by atoms with Crippen LogP contribution in [0.1, 0.15) is 29.8 Å². The van der Waals surface area contributed by atoms with Crippen LogP contribution >= 0.6 is 23.1 Å². The molecule has 0 bridgehead atoms. The van der Waals surface area contributed by atoms with Crippen LogP contribution in [0, 0.1) is 5.92 Å². The van der Waals surface area contributed by atoms with E-state index in [-0.39, 0.29) is 0 Å². The maximum Gasteiger partial charge on any atom is 0.150 e. The van der Waals surface area contributed by atoms with Gasteiger partial charge in [0.15, 0.2) is 0 Å². The molecule has 1 heterocycles. The van der Waals surface area contributed by atoms with E-state index in [0.29, 0.717) is 0 Å². The molecule has 1 aromatic rings. The van der Waals surface area contributed by atoms with Gasteiger partial charge in [-0.3, -0.25) is 0 Å². The Morgan fingerprint density at radius 1 is 1.60 bits per heavy atom. The van der Waals surface area contributed by atoms with Crippen molar-refractivity contribution in [1.29, 1.82) is 0 Å². The molecule has 0 aliphatic heterocycles. The van der Waals surface area contributed by atoms with Crippen LogP contribution in [-0.2, 0) is 12.8 Å². The highest BCUT2D eigenvalue weighted by molar-refractivity contribution is 8.00. The fourth-order valence-electron chi connectivity index (χ4n) is 2.16. The Bertz CT molecular complexity index is 322. The maximum atomic E-state index is 5.55. The summed E-state index contributed by atoms with van der Waals surface area (Å²) in [5.74, 6) is 0.858. The number of rotatable bonds is 4. The van der Waals surface area contributed by atoms with Crippen LogP contribution in [0.15, 0.2) is 4.34 Å². The number of hydrogen-bond acceptors (Lipinski definition) is 4. The molecule has 0 saturated carbocycles. The minimum absolute atomic E-state index is 0.835. The Kier molecular flexibility index (Phi) is 4.05. The van der Waals surface area contributed by atoms with Crippen molar-refractivity contribution >= 4 is 23.1 Å². The number of nitrogens with two attached hydrogens (primary N) is 1. The number of thiazole rings is 1. The van der Waals surface area contributed by atoms with E-state index in [2.05, 4.69) is 11.2 Å². The quantitative estimate of drug-likeness (QED) is 0.825. The van der Waals surface area contributed by atoms with Gasteiger partial charge in [-0.1, -0.05) is 11.8 Å². The first kappa shape index (κ1) is 11.4. The summed E-state index contributed by atoms with van der Waals surface area (Å²) in [4.78, 5) is 6.18. The number of thioether (sulfide) groups is 1. The highest BCUT2D eigenvalue weighted by atomic mass is 32.2. The molecule has 0 saturated heterocycles. The first-order valence-electron chi connectivity index (χ1n) is 5.56. The Morgan fingerprint density at radius 3 is 3.20 bits per heavy atom. The van der Waals surface area contributed by atoms with Crippen LogP contribution in [0.25, 0.3) is 0 Å². The van der Waals surface area contributed by atoms with Gasteiger partial charge in [-0.15, -0.1) is 11.3 Å². The number of nitrogens with zero attached hydrogens (tertiary/aromatic N) is 1. The smallest absolute Gasteiger partial charge is 0.150 e. The van der Waals surface area contributed by atoms with Gasteiger partial charge in [-0.05, 0) is 50.8 Å². The minimum Gasteiger partial charge on any atom is -0.330 e. The average molecular weight is 242 g/mol. The third-order valence-electron chi connectivity index (χ3n) is 3.01. The van der Waals surface area contributed by atoms with Gasteiger partial charge in [0.2, 0.25) is 0 Å². The van der Waals surface area contributed by atoms with Gasteiger partial charge in [-0.2, -0.15) is 0 Å². The van der Waals surface area contributed by atoms with Crippen molar-refractivity contribution < 1.29 is 0 Å². The average Bonchev–Trinajstić information content (AvgIpc) is 2.68. The summed E-state index contributed by atoms with van der Waals surface area (Å²) in [6, 6.07) is 0. The van der Waals surface area contributed by atoms with Crippen LogP contribution in [-0.4, -0.2) is 17.8 Å². The summed E-state index contributed by atoms with van der Waals surface area (Å²) in [5, 5.41) is 0. The SMILES string of the molecule is CSc1nc2c(s1)CC(CCCN)CC2. The fraction of sp³-hybridized carbons (Fsp3) is 0.727. The van der Waals surface area contributed by atoms with Gasteiger partial charge in [0, 0.05) is 4.88 Å². The van der Waals surface area contributed by atoms with Crippen molar-refractivity contribution in [2.75, 3.05) is 12.8 Å². The van der Waals surface area contributed by atoms with E-state index in [0.717, 1.165) is 12.5 Å². The van der Waals surface area contributed by atoms with E-state index in [1.54, 1.807) is 11.8 Å². The van der Waals surface area contributed by atoms with Crippen molar-refractivity contribution in [2.45, 2.75) is 36.4 Å². The molecule has 0 fully saturated rings. The van der Waals surface area contributed by atoms with Gasteiger partial charge >= 0.3 is 0 Å². The van der Waals surface area contributed by atoms with Crippen molar-refractivity contribution in [3.05, 3.63) is 10.6 Å². The lowest BCUT2D eigenvalue weighted by molar-refractivity contribution is 0.418. The van der Waals surface area contributed by atoms with Crippen LogP contribution in [0.5, 0.6) is 0 Å². The lowest BCUT2D eigenvalue weighted by Crippen LogP contribution is -2.14. The highest BCUT2D eigenvalue weighted by Gasteiger charge is 2.21. The molecule has 15 heavy (non-hydrogen) atoms. The predicted octanol–water partition coefficient (Wildman–Crippen LogP) is 2.71. The molecule has 2 nitrogen and oxygen atoms in total. The maximum absolute atomic E-state index is 5.55. The second kappa shape index (κ2) is 5.32. The van der Waals surface area contributed by atoms with Crippen molar-refractivity contribution in [3.63, 3.8) is 0 Å². The van der Waals surface area contributed by atoms with Gasteiger partial charge in [0.25, 0.3) is 0 Å². The zero-order valence-electron chi connectivity index (χ0n) is 9.16. The van der Waals surface area contributed by atoms with E-state index in [9.17, 15) is 0 Å². The third kappa shape index (κ3) is 2.74. The van der Waals surface area contributed by atoms with Crippen LogP contribution < -0.4 is 5.73 Å². The molecule has 84 valence electrons. The van der Waals surface area contributed by atoms with E-state index >= 15 is 0 Å². The first-order chi connectivity index (χ1) is 7.33. The molecule has 2 N–H and O–H groups in total. The molecule has 1 aliphatic carbocycles. The van der Waals surface area contributed by atoms with Crippen molar-refractivity contribution in [1.82, 2.24) is 4.98 Å². The third-order valence-corrected chi connectivity index (χ3v) is 5.12. The molecule has 1 aliphatic rings. The summed E-state index contributed by atoms with van der Waals surface area (Å²) in [5.41, 5.74) is 6.92. The largest absolute Gasteiger partial charge is 0.330 e. The summed E-state index contributed by atoms with van der Waals surface area (Å²) >= 11 is 3.66. The highest BCUT2D eigenvalue weighted by Crippen LogP contribution is 2.34. The molecule has 1 unspecified atom stereocenters. The molecule has 1 aromatic heterocycles. The lowest BCUT2D eigenvalue weighted by atomic mass is 9.88. The zero-order valence-corrected chi connectivity index (χ0v) is 10.8. The Labute approximate surface area is 99.7 Å². The van der Waals surface area contributed by atoms with Gasteiger partial charge in [0.1, 0.15) is 4.34 Å². The molecule has 4 heteroatoms. The number of aryl methyl sites for hydroxylation is 1. The van der Waals surface area contributed by atoms with Crippen LogP contribution in [0.3, 0.4) is 0 Å². The molecule has 0 spiro atoms. The molecular formula is C11H18N2S2. The summed E-state index contributed by atoms with van der Waals surface area (Å²) in [7, 11) is 0. The molecule has 1 atom stereocenters. The van der Waals surface area contributed by atoms with Gasteiger partial charge < -0.3 is 5.73 Å². The first-order valence-corrected chi connectivity index (χ1v) is 7.60. The molecular weight excluding hydrogens is 224 g/mol. The molecule has 0 amide bonds. The molecule has 0 aromatic carbocycles. The summed E-state index contributed by atoms with van der Waals surface area (Å²) < 4.78 is 1.24. The second-order valence-corrected chi connectivity index (χ2v) is 6.23. The monoisotopic (exact) mass is 242 g/mol. The topological polar surface area (TPSA) is 38.9 Å². The molecule has 0 radical (unpaired) electrons. The Balaban J connectivity index is 1.99. The number of hydrogen-bond donors (Lipinski definition) is 1. The normalized spacial score (nSPS) is 20.3. The standard InChI is InChI=1S/C11H18N2S2/c1-14-11-13-9-5-4-8(3-2-6-12)7-10(9)15-11/h8H,2-7,12H2,1H3. The fourth-order valence-corrected chi connectivity index (χ4v) is 3.95. The van der Waals surface area contributed by atoms with E-state index < -0.39 is 0 Å². The summed E-state index contributed by atoms with van der Waals surface area (Å²) in [6.07, 6.45) is 8.31. The minimum atomic E-state index is 0.835. The Morgan fingerprint density at radius 2 is 2.47 bits per heavy atom. The second-order valence-electron chi connectivity index (χ2n) is 4.09. The van der Waals surface area contributed by atoms with E-state index in [1.807, 2.05) is 11.3 Å². The number of aromatic nitrogens is 1. The van der Waals surface area contributed by atoms with Crippen molar-refractivity contribution in [2.24, 2.45) is 11.7 Å². The summed E-state index contributed by atoms with van der Waals surface area (Å²) in [6.45, 7) is 0.835. The Hall–Kier alpha value is -0.0600. The predicted molar refractivity (Wildman–Crippen MR) is 67.7 cm³/mol. The van der Waals surface area contributed by atoms with Gasteiger partial charge in [-0.25, -0.2) is 4.98 Å². The van der Waals surface area contributed by atoms with Crippen LogP contribution in [0.4, 0.5) is 0 Å². The van der Waals surface area contributed by atoms with Crippen LogP contribution in [0.2, 0.25) is 0 Å². The lowest BCUT2D eigenvalue weighted by Gasteiger charge is -2.20. The van der Waals surface area contributed by atoms with Crippen molar-refractivity contribution in [3.8, 4) is 0 Å². The number of fused-ring (bicyclic) bond motifs is 1. The van der Waals surface area contributed by atoms with E-state index in [1.165, 1.54) is 47.0 Å². The zero-order chi connectivity index (χ0) is 10.7. The van der Waals surface area contributed by atoms with E-state index in [4.69, 9.17) is 5.73 Å².